The predicted molar refractivity (Wildman–Crippen MR) is 105 cm³/mol. The third-order valence-electron chi connectivity index (χ3n) is 5.30. The second-order valence-electron chi connectivity index (χ2n) is 7.03. The number of aromatic amines is 1. The Balaban J connectivity index is 1.74. The first-order valence-electron chi connectivity index (χ1n) is 9.39. The van der Waals surface area contributed by atoms with Gasteiger partial charge in [0, 0.05) is 54.7 Å². The number of fused-ring (bicyclic) bond motifs is 1. The highest BCUT2D eigenvalue weighted by atomic mass is 19.1. The van der Waals surface area contributed by atoms with Crippen molar-refractivity contribution in [2.45, 2.75) is 12.3 Å². The van der Waals surface area contributed by atoms with E-state index < -0.39 is 4.92 Å². The summed E-state index contributed by atoms with van der Waals surface area (Å²) in [5, 5.41) is 11.9. The second-order valence-corrected chi connectivity index (χ2v) is 7.03. The van der Waals surface area contributed by atoms with E-state index in [-0.39, 0.29) is 29.8 Å². The number of nitro benzene ring substituents is 1. The minimum absolute atomic E-state index is 0.0179. The zero-order valence-electron chi connectivity index (χ0n) is 15.6. The Hall–Kier alpha value is -3.26. The minimum Gasteiger partial charge on any atom is -0.378 e. The molecule has 1 fully saturated rings. The molecule has 2 heterocycles. The van der Waals surface area contributed by atoms with Gasteiger partial charge >= 0.3 is 0 Å². The van der Waals surface area contributed by atoms with Gasteiger partial charge in [-0.3, -0.25) is 14.9 Å². The van der Waals surface area contributed by atoms with Crippen LogP contribution in [-0.4, -0.2) is 47.0 Å². The van der Waals surface area contributed by atoms with E-state index in [0.29, 0.717) is 31.7 Å². The molecule has 29 heavy (non-hydrogen) atoms. The summed E-state index contributed by atoms with van der Waals surface area (Å²) in [5.41, 5.74) is 2.28. The SMILES string of the molecule is O=C(CC(c1ccc(F)cc1)c1c[nH]c2ccc([N+](=O)[O-])cc12)N1CCOCC1. The Morgan fingerprint density at radius 3 is 2.62 bits per heavy atom. The van der Waals surface area contributed by atoms with Gasteiger partial charge in [-0.2, -0.15) is 0 Å². The number of nitro groups is 1. The lowest BCUT2D eigenvalue weighted by Gasteiger charge is -2.28. The van der Waals surface area contributed by atoms with Crippen molar-refractivity contribution in [1.29, 1.82) is 0 Å². The van der Waals surface area contributed by atoms with Gasteiger partial charge in [-0.1, -0.05) is 12.1 Å². The van der Waals surface area contributed by atoms with Crippen LogP contribution in [-0.2, 0) is 9.53 Å². The van der Waals surface area contributed by atoms with Crippen LogP contribution in [0.5, 0.6) is 0 Å². The van der Waals surface area contributed by atoms with Crippen LogP contribution in [0.15, 0.2) is 48.7 Å². The minimum atomic E-state index is -0.442. The summed E-state index contributed by atoms with van der Waals surface area (Å²) in [4.78, 5) is 28.6. The number of non-ortho nitro benzene ring substituents is 1. The normalized spacial score (nSPS) is 15.4. The molecule has 0 saturated carbocycles. The molecule has 1 aromatic heterocycles. The molecule has 0 radical (unpaired) electrons. The number of hydrogen-bond acceptors (Lipinski definition) is 4. The molecule has 150 valence electrons. The van der Waals surface area contributed by atoms with Crippen LogP contribution in [0.25, 0.3) is 10.9 Å². The number of nitrogens with zero attached hydrogens (tertiary/aromatic N) is 2. The lowest BCUT2D eigenvalue weighted by molar-refractivity contribution is -0.384. The lowest BCUT2D eigenvalue weighted by Crippen LogP contribution is -2.41. The first kappa shape index (κ1) is 19.1. The summed E-state index contributed by atoms with van der Waals surface area (Å²) in [6.45, 7) is 2.08. The highest BCUT2D eigenvalue weighted by Gasteiger charge is 2.26. The molecule has 4 rings (SSSR count). The van der Waals surface area contributed by atoms with E-state index in [1.807, 2.05) is 0 Å². The number of ether oxygens (including phenoxy) is 1. The molecule has 1 unspecified atom stereocenters. The zero-order valence-corrected chi connectivity index (χ0v) is 15.6. The van der Waals surface area contributed by atoms with Gasteiger partial charge in [0.1, 0.15) is 5.82 Å². The number of benzene rings is 2. The van der Waals surface area contributed by atoms with Gasteiger partial charge in [0.2, 0.25) is 5.91 Å². The van der Waals surface area contributed by atoms with E-state index in [1.165, 1.54) is 24.3 Å². The van der Waals surface area contributed by atoms with Crippen LogP contribution in [0.3, 0.4) is 0 Å². The van der Waals surface area contributed by atoms with Crippen molar-refractivity contribution in [2.24, 2.45) is 0 Å². The average molecular weight is 397 g/mol. The summed E-state index contributed by atoms with van der Waals surface area (Å²) in [6.07, 6.45) is 1.95. The maximum atomic E-state index is 13.5. The fourth-order valence-electron chi connectivity index (χ4n) is 3.75. The molecule has 0 spiro atoms. The van der Waals surface area contributed by atoms with Crippen molar-refractivity contribution < 1.29 is 18.8 Å². The predicted octanol–water partition coefficient (Wildman–Crippen LogP) is 3.60. The number of aromatic nitrogens is 1. The number of carbonyl (C=O) groups is 1. The Kier molecular flexibility index (Phi) is 5.26. The van der Waals surface area contributed by atoms with Gasteiger partial charge in [0.15, 0.2) is 0 Å². The number of halogens is 1. The molecule has 8 heteroatoms. The summed E-state index contributed by atoms with van der Waals surface area (Å²) in [6, 6.07) is 10.6. The Bertz CT molecular complexity index is 1040. The number of hydrogen-bond donors (Lipinski definition) is 1. The third kappa shape index (κ3) is 3.97. The van der Waals surface area contributed by atoms with Crippen molar-refractivity contribution in [2.75, 3.05) is 26.3 Å². The smallest absolute Gasteiger partial charge is 0.270 e. The second kappa shape index (κ2) is 8.00. The van der Waals surface area contributed by atoms with E-state index in [4.69, 9.17) is 4.74 Å². The summed E-state index contributed by atoms with van der Waals surface area (Å²) in [5.74, 6) is -0.745. The maximum absolute atomic E-state index is 13.5. The van der Waals surface area contributed by atoms with Gasteiger partial charge in [-0.15, -0.1) is 0 Å². The van der Waals surface area contributed by atoms with Crippen molar-refractivity contribution in [3.05, 3.63) is 75.7 Å². The van der Waals surface area contributed by atoms with Gasteiger partial charge in [-0.05, 0) is 29.3 Å². The van der Waals surface area contributed by atoms with E-state index in [0.717, 1.165) is 16.6 Å². The third-order valence-corrected chi connectivity index (χ3v) is 5.30. The Morgan fingerprint density at radius 1 is 1.21 bits per heavy atom. The van der Waals surface area contributed by atoms with Gasteiger partial charge in [-0.25, -0.2) is 4.39 Å². The molecule has 1 atom stereocenters. The highest BCUT2D eigenvalue weighted by Crippen LogP contribution is 2.35. The van der Waals surface area contributed by atoms with Crippen molar-refractivity contribution >= 4 is 22.5 Å². The number of nitrogens with one attached hydrogen (secondary N) is 1. The molecule has 1 amide bonds. The Morgan fingerprint density at radius 2 is 1.93 bits per heavy atom. The molecule has 3 aromatic rings. The fourth-order valence-corrected chi connectivity index (χ4v) is 3.75. The number of amides is 1. The van der Waals surface area contributed by atoms with Gasteiger partial charge in [0.05, 0.1) is 18.1 Å². The average Bonchev–Trinajstić information content (AvgIpc) is 3.16. The van der Waals surface area contributed by atoms with E-state index in [9.17, 15) is 19.3 Å². The fraction of sp³-hybridized carbons (Fsp3) is 0.286. The van der Waals surface area contributed by atoms with Crippen LogP contribution in [0.4, 0.5) is 10.1 Å². The van der Waals surface area contributed by atoms with Crippen LogP contribution in [0, 0.1) is 15.9 Å². The zero-order chi connectivity index (χ0) is 20.4. The molecule has 1 aliphatic heterocycles. The first-order chi connectivity index (χ1) is 14.0. The van der Waals surface area contributed by atoms with E-state index >= 15 is 0 Å². The molecule has 1 saturated heterocycles. The molecule has 2 aromatic carbocycles. The summed E-state index contributed by atoms with van der Waals surface area (Å²) >= 11 is 0. The maximum Gasteiger partial charge on any atom is 0.270 e. The monoisotopic (exact) mass is 397 g/mol. The summed E-state index contributed by atoms with van der Waals surface area (Å²) < 4.78 is 18.8. The first-order valence-corrected chi connectivity index (χ1v) is 9.39. The molecule has 7 nitrogen and oxygen atoms in total. The largest absolute Gasteiger partial charge is 0.378 e. The topological polar surface area (TPSA) is 88.5 Å². The molecular weight excluding hydrogens is 377 g/mol. The van der Waals surface area contributed by atoms with Crippen molar-refractivity contribution in [3.8, 4) is 0 Å². The molecule has 1 N–H and O–H groups in total. The lowest BCUT2D eigenvalue weighted by atomic mass is 9.87. The molecule has 1 aliphatic rings. The van der Waals surface area contributed by atoms with E-state index in [1.54, 1.807) is 29.3 Å². The van der Waals surface area contributed by atoms with Crippen molar-refractivity contribution in [3.63, 3.8) is 0 Å². The van der Waals surface area contributed by atoms with E-state index in [2.05, 4.69) is 4.98 Å². The highest BCUT2D eigenvalue weighted by molar-refractivity contribution is 5.87. The number of rotatable bonds is 5. The van der Waals surface area contributed by atoms with Crippen LogP contribution < -0.4 is 0 Å². The summed E-state index contributed by atoms with van der Waals surface area (Å²) in [7, 11) is 0. The number of H-pyrrole nitrogens is 1. The Labute approximate surface area is 166 Å². The van der Waals surface area contributed by atoms with Crippen LogP contribution >= 0.6 is 0 Å². The quantitative estimate of drug-likeness (QED) is 0.526. The van der Waals surface area contributed by atoms with Gasteiger partial charge in [0.25, 0.3) is 5.69 Å². The van der Waals surface area contributed by atoms with Crippen LogP contribution in [0.2, 0.25) is 0 Å². The van der Waals surface area contributed by atoms with Gasteiger partial charge < -0.3 is 14.6 Å². The molecular formula is C21H20FN3O4. The van der Waals surface area contributed by atoms with Crippen molar-refractivity contribution in [1.82, 2.24) is 9.88 Å². The van der Waals surface area contributed by atoms with Crippen LogP contribution in [0.1, 0.15) is 23.5 Å². The molecule has 0 aliphatic carbocycles. The number of carbonyl (C=O) groups excluding carboxylic acids is 1. The molecule has 0 bridgehead atoms. The number of morpholine rings is 1. The standard InChI is InChI=1S/C21H20FN3O4/c22-15-3-1-14(2-4-15)17(12-21(26)24-7-9-29-10-8-24)19-13-23-20-6-5-16(25(27)28)11-18(19)20/h1-6,11,13,17,23H,7-10,12H2.